The minimum Gasteiger partial charge on any atom is -0.480 e. The lowest BCUT2D eigenvalue weighted by atomic mass is 9.87. The molecule has 0 spiro atoms. The van der Waals surface area contributed by atoms with Crippen LogP contribution in [0, 0.1) is 11.8 Å². The molecule has 0 aliphatic carbocycles. The van der Waals surface area contributed by atoms with Crippen LogP contribution in [-0.2, 0) is 25.7 Å². The van der Waals surface area contributed by atoms with Crippen molar-refractivity contribution in [2.75, 3.05) is 0 Å². The maximum Gasteiger partial charge on any atom is 0.325 e. The summed E-state index contributed by atoms with van der Waals surface area (Å²) in [5, 5.41) is 11.5. The normalized spacial score (nSPS) is 15.7. The molecule has 0 heterocycles. The number of ether oxygens (including phenoxy) is 1. The Bertz CT molecular complexity index is 679. The van der Waals surface area contributed by atoms with Crippen molar-refractivity contribution in [3.05, 3.63) is 34.9 Å². The first-order chi connectivity index (χ1) is 12.0. The number of carbonyl (C=O) groups excluding carboxylic acids is 2. The minimum atomic E-state index is -2.17. The van der Waals surface area contributed by atoms with Crippen LogP contribution < -0.4 is 11.1 Å². The summed E-state index contributed by atoms with van der Waals surface area (Å²) in [5.74, 6) is -4.65. The van der Waals surface area contributed by atoms with Crippen molar-refractivity contribution >= 4 is 41.0 Å². The molecule has 1 aromatic carbocycles. The third kappa shape index (κ3) is 5.59. The van der Waals surface area contributed by atoms with Gasteiger partial charge in [-0.25, -0.2) is 0 Å². The lowest BCUT2D eigenvalue weighted by Crippen LogP contribution is -2.60. The highest BCUT2D eigenvalue weighted by Gasteiger charge is 2.48. The lowest BCUT2D eigenvalue weighted by molar-refractivity contribution is -0.155. The van der Waals surface area contributed by atoms with Crippen LogP contribution in [-0.4, -0.2) is 34.0 Å². The van der Waals surface area contributed by atoms with Crippen LogP contribution >= 0.6 is 23.2 Å². The molecule has 0 aliphatic heterocycles. The highest BCUT2D eigenvalue weighted by molar-refractivity contribution is 6.36. The fourth-order valence-corrected chi connectivity index (χ4v) is 2.88. The zero-order valence-corrected chi connectivity index (χ0v) is 16.2. The second kappa shape index (κ2) is 9.21. The van der Waals surface area contributed by atoms with E-state index >= 15 is 0 Å². The fraction of sp³-hybridized carbons (Fsp3) is 0.471. The molecular weight excluding hydrogens is 383 g/mol. The standard InChI is InChI=1S/C17H22Cl2N2O5/c1-9(2)13(17(19,20)16(25)21-10(3)14(22)23)15(24)26-8-11-6-4-5-7-12(11)18/h4-7,9-10,13H,8,20H2,1-3H3,(H,21,25)(H,22,23)/t10-,13?,17-/m0/s1. The third-order valence-corrected chi connectivity index (χ3v) is 4.54. The van der Waals surface area contributed by atoms with Crippen molar-refractivity contribution in [1.29, 1.82) is 0 Å². The predicted molar refractivity (Wildman–Crippen MR) is 97.6 cm³/mol. The molecule has 1 unspecified atom stereocenters. The number of hydrogen-bond acceptors (Lipinski definition) is 5. The summed E-state index contributed by atoms with van der Waals surface area (Å²) in [6, 6.07) is 5.61. The number of aliphatic carboxylic acids is 1. The molecule has 0 aliphatic rings. The van der Waals surface area contributed by atoms with E-state index in [4.69, 9.17) is 38.8 Å². The van der Waals surface area contributed by atoms with Crippen molar-refractivity contribution in [2.45, 2.75) is 38.4 Å². The van der Waals surface area contributed by atoms with E-state index in [0.29, 0.717) is 10.6 Å². The second-order valence-corrected chi connectivity index (χ2v) is 7.25. The molecule has 7 nitrogen and oxygen atoms in total. The van der Waals surface area contributed by atoms with Crippen molar-refractivity contribution in [3.63, 3.8) is 0 Å². The van der Waals surface area contributed by atoms with Gasteiger partial charge in [0.25, 0.3) is 5.91 Å². The Kier molecular flexibility index (Phi) is 7.87. The molecule has 9 heteroatoms. The van der Waals surface area contributed by atoms with E-state index < -0.39 is 40.7 Å². The van der Waals surface area contributed by atoms with Gasteiger partial charge < -0.3 is 20.9 Å². The van der Waals surface area contributed by atoms with Gasteiger partial charge in [0.1, 0.15) is 18.6 Å². The molecule has 1 amide bonds. The van der Waals surface area contributed by atoms with Gasteiger partial charge in [-0.05, 0) is 18.9 Å². The number of halogens is 2. The Hall–Kier alpha value is -1.83. The zero-order chi connectivity index (χ0) is 20.1. The molecule has 0 aromatic heterocycles. The smallest absolute Gasteiger partial charge is 0.325 e. The molecule has 0 fully saturated rings. The molecule has 0 saturated carbocycles. The number of nitrogens with one attached hydrogen (secondary N) is 1. The van der Waals surface area contributed by atoms with Gasteiger partial charge >= 0.3 is 11.9 Å². The van der Waals surface area contributed by atoms with Gasteiger partial charge in [-0.1, -0.05) is 55.2 Å². The van der Waals surface area contributed by atoms with Crippen LogP contribution in [0.4, 0.5) is 0 Å². The Morgan fingerprint density at radius 1 is 1.27 bits per heavy atom. The van der Waals surface area contributed by atoms with Crippen LogP contribution in [0.1, 0.15) is 26.3 Å². The molecule has 1 aromatic rings. The highest BCUT2D eigenvalue weighted by Crippen LogP contribution is 2.29. The molecular formula is C17H22Cl2N2O5. The summed E-state index contributed by atoms with van der Waals surface area (Å²) in [6.45, 7) is 4.45. The van der Waals surface area contributed by atoms with E-state index in [2.05, 4.69) is 5.32 Å². The van der Waals surface area contributed by atoms with E-state index in [1.54, 1.807) is 38.1 Å². The minimum absolute atomic E-state index is 0.109. The number of nitrogens with two attached hydrogens (primary N) is 1. The van der Waals surface area contributed by atoms with Crippen molar-refractivity contribution < 1.29 is 24.2 Å². The summed E-state index contributed by atoms with van der Waals surface area (Å²) in [6.07, 6.45) is 0. The molecule has 1 rings (SSSR count). The summed E-state index contributed by atoms with van der Waals surface area (Å²) < 4.78 is 5.24. The van der Waals surface area contributed by atoms with Crippen molar-refractivity contribution in [1.82, 2.24) is 5.32 Å². The first kappa shape index (κ1) is 22.2. The second-order valence-electron chi connectivity index (χ2n) is 6.22. The van der Waals surface area contributed by atoms with Gasteiger partial charge in [0.15, 0.2) is 5.00 Å². The van der Waals surface area contributed by atoms with Crippen molar-refractivity contribution in [2.24, 2.45) is 17.6 Å². The number of esters is 1. The largest absolute Gasteiger partial charge is 0.480 e. The van der Waals surface area contributed by atoms with Crippen LogP contribution in [0.2, 0.25) is 5.02 Å². The average Bonchev–Trinajstić information content (AvgIpc) is 2.53. The first-order valence-electron chi connectivity index (χ1n) is 7.90. The fourth-order valence-electron chi connectivity index (χ4n) is 2.29. The van der Waals surface area contributed by atoms with Gasteiger partial charge in [0.2, 0.25) is 0 Å². The number of benzene rings is 1. The van der Waals surface area contributed by atoms with E-state index in [1.165, 1.54) is 6.92 Å². The highest BCUT2D eigenvalue weighted by atomic mass is 35.5. The summed E-state index contributed by atoms with van der Waals surface area (Å²) >= 11 is 12.2. The third-order valence-electron chi connectivity index (χ3n) is 3.77. The van der Waals surface area contributed by atoms with E-state index in [1.807, 2.05) is 0 Å². The van der Waals surface area contributed by atoms with Gasteiger partial charge in [-0.3, -0.25) is 14.4 Å². The average molecular weight is 405 g/mol. The quantitative estimate of drug-likeness (QED) is 0.346. The van der Waals surface area contributed by atoms with Gasteiger partial charge in [0.05, 0.1) is 0 Å². The Balaban J connectivity index is 2.91. The SMILES string of the molecule is CC(C)C(C(=O)OCc1ccccc1Cl)[C@@](N)(Cl)C(=O)N[C@@H](C)C(=O)O. The van der Waals surface area contributed by atoms with Crippen LogP contribution in [0.5, 0.6) is 0 Å². The summed E-state index contributed by atoms with van der Waals surface area (Å²) in [7, 11) is 0. The first-order valence-corrected chi connectivity index (χ1v) is 8.65. The van der Waals surface area contributed by atoms with Gasteiger partial charge in [-0.15, -0.1) is 0 Å². The van der Waals surface area contributed by atoms with Crippen LogP contribution in [0.25, 0.3) is 0 Å². The van der Waals surface area contributed by atoms with Crippen molar-refractivity contribution in [3.8, 4) is 0 Å². The molecule has 26 heavy (non-hydrogen) atoms. The van der Waals surface area contributed by atoms with Gasteiger partial charge in [0, 0.05) is 10.6 Å². The maximum absolute atomic E-state index is 12.5. The van der Waals surface area contributed by atoms with Crippen LogP contribution in [0.15, 0.2) is 24.3 Å². The van der Waals surface area contributed by atoms with E-state index in [9.17, 15) is 14.4 Å². The van der Waals surface area contributed by atoms with Gasteiger partial charge in [-0.2, -0.15) is 0 Å². The number of amides is 1. The number of rotatable bonds is 8. The molecule has 144 valence electrons. The molecule has 0 radical (unpaired) electrons. The van der Waals surface area contributed by atoms with E-state index in [-0.39, 0.29) is 6.61 Å². The predicted octanol–water partition coefficient (Wildman–Crippen LogP) is 2.14. The summed E-state index contributed by atoms with van der Waals surface area (Å²) in [4.78, 5) is 33.5. The Morgan fingerprint density at radius 2 is 1.85 bits per heavy atom. The molecule has 0 saturated heterocycles. The number of carbonyl (C=O) groups is 3. The number of carboxylic acids is 1. The van der Waals surface area contributed by atoms with E-state index in [0.717, 1.165) is 0 Å². The van der Waals surface area contributed by atoms with Crippen LogP contribution in [0.3, 0.4) is 0 Å². The zero-order valence-electron chi connectivity index (χ0n) is 14.7. The summed E-state index contributed by atoms with van der Waals surface area (Å²) in [5.41, 5.74) is 6.48. The lowest BCUT2D eigenvalue weighted by Gasteiger charge is -2.32. The molecule has 3 atom stereocenters. The number of carboxylic acid groups (broad SMARTS) is 1. The Morgan fingerprint density at radius 3 is 2.35 bits per heavy atom. The number of hydrogen-bond donors (Lipinski definition) is 3. The molecule has 4 N–H and O–H groups in total. The maximum atomic E-state index is 12.5. The number of alkyl halides is 1. The molecule has 0 bridgehead atoms. The monoisotopic (exact) mass is 404 g/mol. The topological polar surface area (TPSA) is 119 Å². The Labute approximate surface area is 161 Å².